The van der Waals surface area contributed by atoms with Gasteiger partial charge in [-0.25, -0.2) is 4.39 Å². The molecule has 3 heteroatoms. The van der Waals surface area contributed by atoms with E-state index < -0.39 is 5.41 Å². The molecule has 0 spiro atoms. The largest absolute Gasteiger partial charge is 0.496 e. The maximum atomic E-state index is 13.5. The van der Waals surface area contributed by atoms with Crippen molar-refractivity contribution in [2.75, 3.05) is 7.11 Å². The first-order valence-corrected chi connectivity index (χ1v) is 4.53. The van der Waals surface area contributed by atoms with Crippen LogP contribution >= 0.6 is 0 Å². The molecule has 0 amide bonds. The molecule has 0 unspecified atom stereocenters. The molecule has 0 aliphatic heterocycles. The first-order valence-electron chi connectivity index (χ1n) is 4.53. The second-order valence-corrected chi connectivity index (χ2v) is 3.59. The predicted molar refractivity (Wildman–Crippen MR) is 49.9 cm³/mol. The average molecular weight is 194 g/mol. The van der Waals surface area contributed by atoms with Crippen molar-refractivity contribution in [3.8, 4) is 5.75 Å². The SMILES string of the molecule is COc1cccc(F)c1C1(C=O)CC1. The lowest BCUT2D eigenvalue weighted by Gasteiger charge is -2.13. The van der Waals surface area contributed by atoms with Gasteiger partial charge in [0, 0.05) is 5.56 Å². The summed E-state index contributed by atoms with van der Waals surface area (Å²) in [5.74, 6) is 0.114. The third-order valence-electron chi connectivity index (χ3n) is 2.71. The van der Waals surface area contributed by atoms with Crippen molar-refractivity contribution in [3.63, 3.8) is 0 Å². The van der Waals surface area contributed by atoms with Crippen LogP contribution in [0.4, 0.5) is 4.39 Å². The van der Waals surface area contributed by atoms with Gasteiger partial charge in [0.15, 0.2) is 0 Å². The van der Waals surface area contributed by atoms with Gasteiger partial charge >= 0.3 is 0 Å². The fraction of sp³-hybridized carbons (Fsp3) is 0.364. The molecule has 14 heavy (non-hydrogen) atoms. The van der Waals surface area contributed by atoms with Crippen LogP contribution in [-0.4, -0.2) is 13.4 Å². The van der Waals surface area contributed by atoms with Crippen molar-refractivity contribution < 1.29 is 13.9 Å². The molecular weight excluding hydrogens is 183 g/mol. The molecule has 1 saturated carbocycles. The molecule has 1 fully saturated rings. The van der Waals surface area contributed by atoms with E-state index in [2.05, 4.69) is 0 Å². The monoisotopic (exact) mass is 194 g/mol. The lowest BCUT2D eigenvalue weighted by atomic mass is 9.96. The summed E-state index contributed by atoms with van der Waals surface area (Å²) in [6.07, 6.45) is 2.26. The first kappa shape index (κ1) is 9.19. The van der Waals surface area contributed by atoms with Crippen LogP contribution in [0.3, 0.4) is 0 Å². The molecule has 0 heterocycles. The number of aldehydes is 1. The van der Waals surface area contributed by atoms with Crippen LogP contribution in [0, 0.1) is 5.82 Å². The molecule has 0 radical (unpaired) electrons. The quantitative estimate of drug-likeness (QED) is 0.688. The van der Waals surface area contributed by atoms with Gasteiger partial charge in [-0.15, -0.1) is 0 Å². The van der Waals surface area contributed by atoms with E-state index in [1.807, 2.05) is 0 Å². The van der Waals surface area contributed by atoms with Gasteiger partial charge in [-0.05, 0) is 25.0 Å². The minimum absolute atomic E-state index is 0.353. The number of rotatable bonds is 3. The minimum atomic E-state index is -0.614. The Hall–Kier alpha value is -1.38. The summed E-state index contributed by atoms with van der Waals surface area (Å²) in [5.41, 5.74) is -0.200. The molecule has 0 atom stereocenters. The van der Waals surface area contributed by atoms with Crippen molar-refractivity contribution in [3.05, 3.63) is 29.6 Å². The summed E-state index contributed by atoms with van der Waals surface area (Å²) in [4.78, 5) is 10.9. The van der Waals surface area contributed by atoms with Crippen molar-refractivity contribution >= 4 is 6.29 Å². The smallest absolute Gasteiger partial charge is 0.131 e. The predicted octanol–water partition coefficient (Wildman–Crippen LogP) is 2.06. The summed E-state index contributed by atoms with van der Waals surface area (Å²) in [6.45, 7) is 0. The Morgan fingerprint density at radius 2 is 2.21 bits per heavy atom. The number of methoxy groups -OCH3 is 1. The lowest BCUT2D eigenvalue weighted by molar-refractivity contribution is -0.110. The van der Waals surface area contributed by atoms with E-state index in [0.717, 1.165) is 6.29 Å². The van der Waals surface area contributed by atoms with Gasteiger partial charge in [-0.2, -0.15) is 0 Å². The number of halogens is 1. The van der Waals surface area contributed by atoms with Crippen molar-refractivity contribution in [1.82, 2.24) is 0 Å². The number of hydrogen-bond acceptors (Lipinski definition) is 2. The van der Waals surface area contributed by atoms with Gasteiger partial charge in [-0.3, -0.25) is 0 Å². The number of benzene rings is 1. The zero-order valence-electron chi connectivity index (χ0n) is 7.92. The van der Waals surface area contributed by atoms with E-state index in [1.165, 1.54) is 13.2 Å². The summed E-state index contributed by atoms with van der Waals surface area (Å²) in [6, 6.07) is 4.63. The van der Waals surface area contributed by atoms with Crippen LogP contribution in [0.15, 0.2) is 18.2 Å². The lowest BCUT2D eigenvalue weighted by Crippen LogP contribution is -2.12. The molecule has 0 bridgehead atoms. The van der Waals surface area contributed by atoms with Crippen LogP contribution in [0.1, 0.15) is 18.4 Å². The molecule has 1 aromatic carbocycles. The fourth-order valence-corrected chi connectivity index (χ4v) is 1.72. The second kappa shape index (κ2) is 3.08. The zero-order valence-corrected chi connectivity index (χ0v) is 7.92. The molecule has 1 aromatic rings. The van der Waals surface area contributed by atoms with Gasteiger partial charge in [-0.1, -0.05) is 6.07 Å². The van der Waals surface area contributed by atoms with Gasteiger partial charge < -0.3 is 9.53 Å². The molecule has 0 N–H and O–H groups in total. The van der Waals surface area contributed by atoms with E-state index in [-0.39, 0.29) is 5.82 Å². The van der Waals surface area contributed by atoms with Crippen molar-refractivity contribution in [2.45, 2.75) is 18.3 Å². The maximum absolute atomic E-state index is 13.5. The second-order valence-electron chi connectivity index (χ2n) is 3.59. The highest BCUT2D eigenvalue weighted by atomic mass is 19.1. The third-order valence-corrected chi connectivity index (χ3v) is 2.71. The highest BCUT2D eigenvalue weighted by molar-refractivity contribution is 5.75. The summed E-state index contributed by atoms with van der Waals surface area (Å²) >= 11 is 0. The standard InChI is InChI=1S/C11H11FO2/c1-14-9-4-2-3-8(12)10(9)11(7-13)5-6-11/h2-4,7H,5-6H2,1H3. The highest BCUT2D eigenvalue weighted by Crippen LogP contribution is 2.50. The molecule has 1 aliphatic rings. The number of carbonyl (C=O) groups is 1. The van der Waals surface area contributed by atoms with E-state index >= 15 is 0 Å². The minimum Gasteiger partial charge on any atom is -0.496 e. The Balaban J connectivity index is 2.55. The van der Waals surface area contributed by atoms with Crippen LogP contribution < -0.4 is 4.74 Å². The number of carbonyl (C=O) groups excluding carboxylic acids is 1. The zero-order chi connectivity index (χ0) is 10.2. The molecule has 2 nitrogen and oxygen atoms in total. The Labute approximate surface area is 81.7 Å². The number of ether oxygens (including phenoxy) is 1. The molecule has 0 aromatic heterocycles. The van der Waals surface area contributed by atoms with Gasteiger partial charge in [0.05, 0.1) is 12.5 Å². The molecule has 74 valence electrons. The van der Waals surface area contributed by atoms with Crippen molar-refractivity contribution in [2.24, 2.45) is 0 Å². The van der Waals surface area contributed by atoms with Crippen LogP contribution in [0.25, 0.3) is 0 Å². The van der Waals surface area contributed by atoms with Gasteiger partial charge in [0.2, 0.25) is 0 Å². The Morgan fingerprint density at radius 3 is 2.71 bits per heavy atom. The summed E-state index contributed by atoms with van der Waals surface area (Å²) in [7, 11) is 1.49. The highest BCUT2D eigenvalue weighted by Gasteiger charge is 2.48. The Morgan fingerprint density at radius 1 is 1.50 bits per heavy atom. The van der Waals surface area contributed by atoms with Gasteiger partial charge in [0.1, 0.15) is 17.9 Å². The number of hydrogen-bond donors (Lipinski definition) is 0. The van der Waals surface area contributed by atoms with Crippen LogP contribution in [0.2, 0.25) is 0 Å². The van der Waals surface area contributed by atoms with Crippen LogP contribution in [-0.2, 0) is 10.2 Å². The van der Waals surface area contributed by atoms with E-state index in [9.17, 15) is 9.18 Å². The van der Waals surface area contributed by atoms with Gasteiger partial charge in [0.25, 0.3) is 0 Å². The van der Waals surface area contributed by atoms with E-state index in [4.69, 9.17) is 4.74 Å². The first-order chi connectivity index (χ1) is 6.73. The van der Waals surface area contributed by atoms with Crippen LogP contribution in [0.5, 0.6) is 5.75 Å². The van der Waals surface area contributed by atoms with E-state index in [0.29, 0.717) is 24.2 Å². The third kappa shape index (κ3) is 1.20. The molecule has 1 aliphatic carbocycles. The van der Waals surface area contributed by atoms with Crippen molar-refractivity contribution in [1.29, 1.82) is 0 Å². The summed E-state index contributed by atoms with van der Waals surface area (Å²) < 4.78 is 18.6. The topological polar surface area (TPSA) is 26.3 Å². The van der Waals surface area contributed by atoms with E-state index in [1.54, 1.807) is 12.1 Å². The Kier molecular flexibility index (Phi) is 2.02. The maximum Gasteiger partial charge on any atom is 0.131 e. The molecule has 0 saturated heterocycles. The normalized spacial score (nSPS) is 17.6. The fourth-order valence-electron chi connectivity index (χ4n) is 1.72. The Bertz CT molecular complexity index is 370. The summed E-state index contributed by atoms with van der Waals surface area (Å²) in [5, 5.41) is 0. The molecular formula is C11H11FO2. The molecule has 2 rings (SSSR count). The average Bonchev–Trinajstić information content (AvgIpc) is 2.98.